The first-order chi connectivity index (χ1) is 8.20. The van der Waals surface area contributed by atoms with Crippen LogP contribution in [-0.4, -0.2) is 15.7 Å². The molecule has 2 nitrogen and oxygen atoms in total. The molecule has 0 saturated carbocycles. The standard InChI is InChI=1S/C13H14ClFN2/c1-17-9-10(8-16-17)6-11(7-14)12-4-2-3-5-13(12)15/h2-5,8-9,11H,6-7H2,1H3. The van der Waals surface area contributed by atoms with E-state index in [1.807, 2.05) is 19.3 Å². The molecule has 1 heterocycles. The van der Waals surface area contributed by atoms with Gasteiger partial charge in [-0.3, -0.25) is 4.68 Å². The topological polar surface area (TPSA) is 17.8 Å². The number of rotatable bonds is 4. The Labute approximate surface area is 105 Å². The van der Waals surface area contributed by atoms with Crippen molar-refractivity contribution in [3.8, 4) is 0 Å². The van der Waals surface area contributed by atoms with E-state index in [0.717, 1.165) is 5.56 Å². The van der Waals surface area contributed by atoms with Gasteiger partial charge in [-0.2, -0.15) is 5.10 Å². The van der Waals surface area contributed by atoms with Gasteiger partial charge < -0.3 is 0 Å². The highest BCUT2D eigenvalue weighted by Gasteiger charge is 2.15. The zero-order valence-corrected chi connectivity index (χ0v) is 10.4. The van der Waals surface area contributed by atoms with Gasteiger partial charge in [0.2, 0.25) is 0 Å². The maximum absolute atomic E-state index is 13.7. The number of halogens is 2. The lowest BCUT2D eigenvalue weighted by Gasteiger charge is -2.13. The van der Waals surface area contributed by atoms with Crippen molar-refractivity contribution in [3.05, 3.63) is 53.6 Å². The average Bonchev–Trinajstić information content (AvgIpc) is 2.73. The Kier molecular flexibility index (Phi) is 3.79. The molecule has 0 amide bonds. The predicted octanol–water partition coefficient (Wildman–Crippen LogP) is 3.12. The van der Waals surface area contributed by atoms with Gasteiger partial charge in [0.05, 0.1) is 6.20 Å². The van der Waals surface area contributed by atoms with E-state index in [1.54, 1.807) is 23.0 Å². The third-order valence-corrected chi connectivity index (χ3v) is 3.14. The molecule has 4 heteroatoms. The normalized spacial score (nSPS) is 12.6. The van der Waals surface area contributed by atoms with E-state index in [0.29, 0.717) is 17.9 Å². The fraction of sp³-hybridized carbons (Fsp3) is 0.308. The molecule has 0 radical (unpaired) electrons. The van der Waals surface area contributed by atoms with Crippen molar-refractivity contribution in [3.63, 3.8) is 0 Å². The number of hydrogen-bond acceptors (Lipinski definition) is 1. The van der Waals surface area contributed by atoms with Crippen LogP contribution in [0, 0.1) is 5.82 Å². The van der Waals surface area contributed by atoms with Crippen molar-refractivity contribution in [1.82, 2.24) is 9.78 Å². The maximum atomic E-state index is 13.7. The van der Waals surface area contributed by atoms with Crippen LogP contribution in [0.4, 0.5) is 4.39 Å². The Balaban J connectivity index is 2.20. The van der Waals surface area contributed by atoms with Gasteiger partial charge in [0, 0.05) is 25.0 Å². The number of aromatic nitrogens is 2. The van der Waals surface area contributed by atoms with E-state index in [2.05, 4.69) is 5.10 Å². The number of alkyl halides is 1. The molecule has 0 N–H and O–H groups in total. The summed E-state index contributed by atoms with van der Waals surface area (Å²) in [6, 6.07) is 6.78. The van der Waals surface area contributed by atoms with Gasteiger partial charge in [-0.05, 0) is 23.6 Å². The Morgan fingerprint density at radius 2 is 2.18 bits per heavy atom. The Morgan fingerprint density at radius 1 is 1.41 bits per heavy atom. The van der Waals surface area contributed by atoms with Gasteiger partial charge in [0.25, 0.3) is 0 Å². The summed E-state index contributed by atoms with van der Waals surface area (Å²) in [5.41, 5.74) is 1.74. The number of benzene rings is 1. The van der Waals surface area contributed by atoms with Crippen molar-refractivity contribution in [2.75, 3.05) is 5.88 Å². The molecule has 90 valence electrons. The summed E-state index contributed by atoms with van der Waals surface area (Å²) in [5.74, 6) is 0.194. The van der Waals surface area contributed by atoms with Gasteiger partial charge in [0.15, 0.2) is 0 Å². The summed E-state index contributed by atoms with van der Waals surface area (Å²) in [5, 5.41) is 4.10. The molecule has 2 rings (SSSR count). The first-order valence-corrected chi connectivity index (χ1v) is 6.02. The van der Waals surface area contributed by atoms with Crippen LogP contribution in [0.3, 0.4) is 0 Å². The summed E-state index contributed by atoms with van der Waals surface area (Å²) in [4.78, 5) is 0. The Morgan fingerprint density at radius 3 is 2.76 bits per heavy atom. The second-order valence-corrected chi connectivity index (χ2v) is 4.41. The largest absolute Gasteiger partial charge is 0.276 e. The first kappa shape index (κ1) is 12.1. The average molecular weight is 253 g/mol. The summed E-state index contributed by atoms with van der Waals surface area (Å²) < 4.78 is 15.4. The lowest BCUT2D eigenvalue weighted by atomic mass is 9.94. The Hall–Kier alpha value is -1.35. The molecule has 1 aromatic heterocycles. The lowest BCUT2D eigenvalue weighted by Crippen LogP contribution is -2.06. The molecule has 2 aromatic rings. The van der Waals surface area contributed by atoms with Crippen molar-refractivity contribution in [2.24, 2.45) is 7.05 Å². The molecule has 0 aliphatic rings. The highest BCUT2D eigenvalue weighted by atomic mass is 35.5. The Bertz CT molecular complexity index is 496. The quantitative estimate of drug-likeness (QED) is 0.765. The maximum Gasteiger partial charge on any atom is 0.126 e. The van der Waals surface area contributed by atoms with E-state index < -0.39 is 0 Å². The lowest BCUT2D eigenvalue weighted by molar-refractivity contribution is 0.589. The molecule has 0 aliphatic carbocycles. The highest BCUT2D eigenvalue weighted by molar-refractivity contribution is 6.18. The molecule has 1 unspecified atom stereocenters. The molecular weight excluding hydrogens is 239 g/mol. The molecule has 0 saturated heterocycles. The molecule has 1 aromatic carbocycles. The molecule has 0 bridgehead atoms. The van der Waals surface area contributed by atoms with Gasteiger partial charge in [-0.1, -0.05) is 18.2 Å². The highest BCUT2D eigenvalue weighted by Crippen LogP contribution is 2.24. The van der Waals surface area contributed by atoms with Crippen molar-refractivity contribution in [1.29, 1.82) is 0 Å². The number of nitrogens with zero attached hydrogens (tertiary/aromatic N) is 2. The summed E-state index contributed by atoms with van der Waals surface area (Å²) in [7, 11) is 1.86. The first-order valence-electron chi connectivity index (χ1n) is 5.48. The monoisotopic (exact) mass is 252 g/mol. The fourth-order valence-corrected chi connectivity index (χ4v) is 2.19. The minimum Gasteiger partial charge on any atom is -0.276 e. The summed E-state index contributed by atoms with van der Waals surface area (Å²) >= 11 is 5.94. The van der Waals surface area contributed by atoms with Gasteiger partial charge in [0.1, 0.15) is 5.82 Å². The van der Waals surface area contributed by atoms with E-state index in [-0.39, 0.29) is 11.7 Å². The van der Waals surface area contributed by atoms with Crippen LogP contribution in [0.5, 0.6) is 0 Å². The van der Waals surface area contributed by atoms with Crippen LogP contribution in [0.25, 0.3) is 0 Å². The zero-order chi connectivity index (χ0) is 12.3. The summed E-state index contributed by atoms with van der Waals surface area (Å²) in [6.45, 7) is 0. The molecular formula is C13H14ClFN2. The van der Waals surface area contributed by atoms with Crippen LogP contribution >= 0.6 is 11.6 Å². The number of hydrogen-bond donors (Lipinski definition) is 0. The van der Waals surface area contributed by atoms with Crippen molar-refractivity contribution >= 4 is 11.6 Å². The van der Waals surface area contributed by atoms with Gasteiger partial charge in [-0.25, -0.2) is 4.39 Å². The van der Waals surface area contributed by atoms with Crippen LogP contribution in [0.1, 0.15) is 17.0 Å². The second-order valence-electron chi connectivity index (χ2n) is 4.10. The minimum atomic E-state index is -0.193. The van der Waals surface area contributed by atoms with Crippen LogP contribution in [-0.2, 0) is 13.5 Å². The van der Waals surface area contributed by atoms with Crippen molar-refractivity contribution < 1.29 is 4.39 Å². The predicted molar refractivity (Wildman–Crippen MR) is 66.8 cm³/mol. The van der Waals surface area contributed by atoms with Crippen LogP contribution in [0.2, 0.25) is 0 Å². The fourth-order valence-electron chi connectivity index (χ4n) is 1.92. The third kappa shape index (κ3) is 2.86. The van der Waals surface area contributed by atoms with Gasteiger partial charge >= 0.3 is 0 Å². The SMILES string of the molecule is Cn1cc(CC(CCl)c2ccccc2F)cn1. The zero-order valence-electron chi connectivity index (χ0n) is 9.61. The number of aryl methyl sites for hydroxylation is 1. The smallest absolute Gasteiger partial charge is 0.126 e. The van der Waals surface area contributed by atoms with Crippen LogP contribution in [0.15, 0.2) is 36.7 Å². The molecule has 17 heavy (non-hydrogen) atoms. The van der Waals surface area contributed by atoms with Crippen LogP contribution < -0.4 is 0 Å². The second kappa shape index (κ2) is 5.32. The van der Waals surface area contributed by atoms with E-state index in [1.165, 1.54) is 6.07 Å². The third-order valence-electron chi connectivity index (χ3n) is 2.77. The minimum absolute atomic E-state index is 0.0120. The van der Waals surface area contributed by atoms with E-state index in [4.69, 9.17) is 11.6 Å². The van der Waals surface area contributed by atoms with E-state index in [9.17, 15) is 4.39 Å². The molecule has 0 fully saturated rings. The summed E-state index contributed by atoms with van der Waals surface area (Å²) in [6.07, 6.45) is 4.43. The molecule has 0 spiro atoms. The van der Waals surface area contributed by atoms with Gasteiger partial charge in [-0.15, -0.1) is 11.6 Å². The van der Waals surface area contributed by atoms with E-state index >= 15 is 0 Å². The molecule has 0 aliphatic heterocycles. The molecule has 1 atom stereocenters. The van der Waals surface area contributed by atoms with Crippen molar-refractivity contribution in [2.45, 2.75) is 12.3 Å².